The number of rotatable bonds is 5. The van der Waals surface area contributed by atoms with Crippen LogP contribution >= 0.6 is 0 Å². The second-order valence-electron chi connectivity index (χ2n) is 4.80. The molecule has 4 heteroatoms. The van der Waals surface area contributed by atoms with Crippen LogP contribution in [-0.4, -0.2) is 32.3 Å². The van der Waals surface area contributed by atoms with Crippen molar-refractivity contribution >= 4 is 5.97 Å². The predicted molar refractivity (Wildman–Crippen MR) is 73.5 cm³/mol. The van der Waals surface area contributed by atoms with Crippen molar-refractivity contribution < 1.29 is 14.3 Å². The molecular formula is C15H21NO3. The van der Waals surface area contributed by atoms with Gasteiger partial charge in [-0.05, 0) is 50.1 Å². The predicted octanol–water partition coefficient (Wildman–Crippen LogP) is 2.38. The number of carbonyl (C=O) groups is 1. The summed E-state index contributed by atoms with van der Waals surface area (Å²) in [5.41, 5.74) is 0.545. The Morgan fingerprint density at radius 1 is 1.32 bits per heavy atom. The fourth-order valence-corrected chi connectivity index (χ4v) is 2.29. The highest BCUT2D eigenvalue weighted by molar-refractivity contribution is 5.89. The maximum atomic E-state index is 11.3. The quantitative estimate of drug-likeness (QED) is 0.829. The van der Waals surface area contributed by atoms with Crippen molar-refractivity contribution in [3.63, 3.8) is 0 Å². The maximum absolute atomic E-state index is 11.3. The molecule has 1 N–H and O–H groups in total. The Balaban J connectivity index is 1.75. The van der Waals surface area contributed by atoms with Crippen molar-refractivity contribution in [3.05, 3.63) is 29.8 Å². The van der Waals surface area contributed by atoms with Gasteiger partial charge in [-0.25, -0.2) is 4.79 Å². The van der Waals surface area contributed by atoms with Crippen molar-refractivity contribution in [2.45, 2.75) is 31.7 Å². The maximum Gasteiger partial charge on any atom is 0.337 e. The molecule has 1 aromatic carbocycles. The number of hydrogen-bond donors (Lipinski definition) is 1. The lowest BCUT2D eigenvalue weighted by Gasteiger charge is -2.23. The van der Waals surface area contributed by atoms with Gasteiger partial charge in [-0.15, -0.1) is 0 Å². The first-order valence-electron chi connectivity index (χ1n) is 6.84. The van der Waals surface area contributed by atoms with Gasteiger partial charge in [0.05, 0.1) is 19.3 Å². The molecule has 104 valence electrons. The number of ether oxygens (including phenoxy) is 2. The second-order valence-corrected chi connectivity index (χ2v) is 4.80. The summed E-state index contributed by atoms with van der Waals surface area (Å²) in [7, 11) is 1.38. The molecule has 1 aromatic rings. The van der Waals surface area contributed by atoms with Crippen LogP contribution in [0.2, 0.25) is 0 Å². The van der Waals surface area contributed by atoms with E-state index in [4.69, 9.17) is 4.74 Å². The Kier molecular flexibility index (Phi) is 5.21. The van der Waals surface area contributed by atoms with Crippen molar-refractivity contribution in [1.82, 2.24) is 5.32 Å². The van der Waals surface area contributed by atoms with E-state index in [1.165, 1.54) is 26.4 Å². The number of nitrogens with one attached hydrogen (secondary N) is 1. The summed E-state index contributed by atoms with van der Waals surface area (Å²) in [4.78, 5) is 11.3. The van der Waals surface area contributed by atoms with Crippen LogP contribution in [0.25, 0.3) is 0 Å². The van der Waals surface area contributed by atoms with Crippen molar-refractivity contribution in [2.75, 3.05) is 20.3 Å². The normalized spacial score (nSPS) is 18.9. The fourth-order valence-electron chi connectivity index (χ4n) is 2.29. The lowest BCUT2D eigenvalue weighted by molar-refractivity contribution is 0.0600. The van der Waals surface area contributed by atoms with E-state index in [1.807, 2.05) is 0 Å². The van der Waals surface area contributed by atoms with E-state index in [0.717, 1.165) is 18.7 Å². The Morgan fingerprint density at radius 2 is 2.11 bits per heavy atom. The van der Waals surface area contributed by atoms with Gasteiger partial charge in [0, 0.05) is 6.04 Å². The number of methoxy groups -OCH3 is 1. The number of carbonyl (C=O) groups excluding carboxylic acids is 1. The monoisotopic (exact) mass is 263 g/mol. The zero-order valence-electron chi connectivity index (χ0n) is 11.4. The second kappa shape index (κ2) is 7.14. The van der Waals surface area contributed by atoms with Gasteiger partial charge in [-0.1, -0.05) is 6.42 Å². The summed E-state index contributed by atoms with van der Waals surface area (Å²) in [5, 5.41) is 3.50. The minimum atomic E-state index is -0.321. The summed E-state index contributed by atoms with van der Waals surface area (Å²) >= 11 is 0. The highest BCUT2D eigenvalue weighted by atomic mass is 16.5. The van der Waals surface area contributed by atoms with Crippen LogP contribution < -0.4 is 10.1 Å². The molecule has 1 fully saturated rings. The molecule has 0 spiro atoms. The van der Waals surface area contributed by atoms with E-state index in [9.17, 15) is 4.79 Å². The first-order chi connectivity index (χ1) is 9.29. The summed E-state index contributed by atoms with van der Waals surface area (Å²) in [6.45, 7) is 1.83. The van der Waals surface area contributed by atoms with Gasteiger partial charge < -0.3 is 14.8 Å². The SMILES string of the molecule is COC(=O)c1ccc(OCCC2CCCCN2)cc1. The third-order valence-corrected chi connectivity index (χ3v) is 3.42. The van der Waals surface area contributed by atoms with Crippen molar-refractivity contribution in [3.8, 4) is 5.75 Å². The number of hydrogen-bond acceptors (Lipinski definition) is 4. The average molecular weight is 263 g/mol. The first-order valence-corrected chi connectivity index (χ1v) is 6.84. The van der Waals surface area contributed by atoms with Gasteiger partial charge in [-0.2, -0.15) is 0 Å². The van der Waals surface area contributed by atoms with E-state index in [2.05, 4.69) is 10.1 Å². The summed E-state index contributed by atoms with van der Waals surface area (Å²) in [6, 6.07) is 7.64. The Morgan fingerprint density at radius 3 is 2.74 bits per heavy atom. The number of piperidine rings is 1. The van der Waals surface area contributed by atoms with Gasteiger partial charge >= 0.3 is 5.97 Å². The molecule has 1 aliphatic rings. The Hall–Kier alpha value is -1.55. The Labute approximate surface area is 114 Å². The minimum absolute atomic E-state index is 0.321. The number of esters is 1. The highest BCUT2D eigenvalue weighted by Crippen LogP contribution is 2.15. The van der Waals surface area contributed by atoms with E-state index in [-0.39, 0.29) is 5.97 Å². The molecule has 19 heavy (non-hydrogen) atoms. The van der Waals surface area contributed by atoms with Crippen LogP contribution in [0.15, 0.2) is 24.3 Å². The van der Waals surface area contributed by atoms with Crippen LogP contribution in [0, 0.1) is 0 Å². The molecule has 1 aliphatic heterocycles. The third kappa shape index (κ3) is 4.24. The minimum Gasteiger partial charge on any atom is -0.494 e. The van der Waals surface area contributed by atoms with Gasteiger partial charge in [0.15, 0.2) is 0 Å². The molecular weight excluding hydrogens is 242 g/mol. The lowest BCUT2D eigenvalue weighted by Crippen LogP contribution is -2.35. The van der Waals surface area contributed by atoms with Crippen LogP contribution in [-0.2, 0) is 4.74 Å². The zero-order chi connectivity index (χ0) is 13.5. The molecule has 0 saturated carbocycles. The van der Waals surface area contributed by atoms with Gasteiger partial charge in [-0.3, -0.25) is 0 Å². The van der Waals surface area contributed by atoms with Crippen LogP contribution in [0.5, 0.6) is 5.75 Å². The van der Waals surface area contributed by atoms with E-state index < -0.39 is 0 Å². The summed E-state index contributed by atoms with van der Waals surface area (Å²) in [6.07, 6.45) is 4.86. The average Bonchev–Trinajstić information content (AvgIpc) is 2.48. The largest absolute Gasteiger partial charge is 0.494 e. The van der Waals surface area contributed by atoms with E-state index in [1.54, 1.807) is 24.3 Å². The lowest BCUT2D eigenvalue weighted by atomic mass is 10.0. The van der Waals surface area contributed by atoms with Crippen molar-refractivity contribution in [1.29, 1.82) is 0 Å². The molecule has 0 bridgehead atoms. The van der Waals surface area contributed by atoms with E-state index in [0.29, 0.717) is 18.2 Å². The molecule has 1 heterocycles. The fraction of sp³-hybridized carbons (Fsp3) is 0.533. The van der Waals surface area contributed by atoms with Crippen molar-refractivity contribution in [2.24, 2.45) is 0 Å². The summed E-state index contributed by atoms with van der Waals surface area (Å²) < 4.78 is 10.3. The zero-order valence-corrected chi connectivity index (χ0v) is 11.4. The van der Waals surface area contributed by atoms with Crippen LogP contribution in [0.1, 0.15) is 36.0 Å². The van der Waals surface area contributed by atoms with E-state index >= 15 is 0 Å². The molecule has 2 rings (SSSR count). The smallest absolute Gasteiger partial charge is 0.337 e. The first kappa shape index (κ1) is 13.9. The molecule has 0 amide bonds. The molecule has 0 radical (unpaired) electrons. The van der Waals surface area contributed by atoms with Gasteiger partial charge in [0.1, 0.15) is 5.75 Å². The third-order valence-electron chi connectivity index (χ3n) is 3.42. The molecule has 1 unspecified atom stereocenters. The van der Waals surface area contributed by atoms with Crippen LogP contribution in [0.3, 0.4) is 0 Å². The Bertz CT molecular complexity index is 396. The highest BCUT2D eigenvalue weighted by Gasteiger charge is 2.12. The molecule has 0 aliphatic carbocycles. The van der Waals surface area contributed by atoms with Gasteiger partial charge in [0.2, 0.25) is 0 Å². The standard InChI is InChI=1S/C15H21NO3/c1-18-15(17)12-5-7-14(8-6-12)19-11-9-13-4-2-3-10-16-13/h5-8,13,16H,2-4,9-11H2,1H3. The molecule has 0 aromatic heterocycles. The van der Waals surface area contributed by atoms with Gasteiger partial charge in [0.25, 0.3) is 0 Å². The number of benzene rings is 1. The molecule has 4 nitrogen and oxygen atoms in total. The molecule has 1 saturated heterocycles. The molecule has 1 atom stereocenters. The summed E-state index contributed by atoms with van der Waals surface area (Å²) in [5.74, 6) is 0.474. The topological polar surface area (TPSA) is 47.6 Å². The van der Waals surface area contributed by atoms with Crippen LogP contribution in [0.4, 0.5) is 0 Å².